The molecule has 0 heterocycles. The van der Waals surface area contributed by atoms with Gasteiger partial charge in [0.05, 0.1) is 13.2 Å². The van der Waals surface area contributed by atoms with Crippen LogP contribution in [0.25, 0.3) is 0 Å². The van der Waals surface area contributed by atoms with Crippen molar-refractivity contribution < 1.29 is 14.6 Å². The van der Waals surface area contributed by atoms with E-state index in [1.54, 1.807) is 7.11 Å². The minimum atomic E-state index is -0.577. The van der Waals surface area contributed by atoms with Crippen LogP contribution in [-0.4, -0.2) is 24.2 Å². The zero-order valence-corrected chi connectivity index (χ0v) is 15.1. The normalized spacial score (nSPS) is 14.4. The maximum atomic E-state index is 12.3. The fraction of sp³-hybridized carbons (Fsp3) is 0.381. The van der Waals surface area contributed by atoms with Crippen molar-refractivity contribution in [3.8, 4) is 5.75 Å². The fourth-order valence-electron chi connectivity index (χ4n) is 2.88. The Morgan fingerprint density at radius 3 is 2.44 bits per heavy atom. The molecule has 2 aromatic carbocycles. The number of methoxy groups -OCH3 is 1. The third kappa shape index (κ3) is 5.91. The molecule has 0 aromatic heterocycles. The molecule has 25 heavy (non-hydrogen) atoms. The molecule has 2 aromatic rings. The van der Waals surface area contributed by atoms with Crippen molar-refractivity contribution in [1.82, 2.24) is 5.32 Å². The van der Waals surface area contributed by atoms with Crippen molar-refractivity contribution in [3.63, 3.8) is 0 Å². The van der Waals surface area contributed by atoms with Crippen LogP contribution in [0.3, 0.4) is 0 Å². The molecule has 1 amide bonds. The highest BCUT2D eigenvalue weighted by Crippen LogP contribution is 2.23. The number of benzene rings is 2. The Morgan fingerprint density at radius 2 is 1.76 bits per heavy atom. The van der Waals surface area contributed by atoms with Crippen LogP contribution in [0, 0.1) is 0 Å². The lowest BCUT2D eigenvalue weighted by atomic mass is 9.96. The number of hydrogen-bond acceptors (Lipinski definition) is 3. The molecule has 0 fully saturated rings. The summed E-state index contributed by atoms with van der Waals surface area (Å²) < 4.78 is 5.23. The minimum Gasteiger partial charge on any atom is -0.497 e. The smallest absolute Gasteiger partial charge is 0.220 e. The first-order valence-corrected chi connectivity index (χ1v) is 8.66. The second kappa shape index (κ2) is 9.23. The molecule has 4 heteroatoms. The summed E-state index contributed by atoms with van der Waals surface area (Å²) in [6.45, 7) is 3.94. The van der Waals surface area contributed by atoms with E-state index in [4.69, 9.17) is 4.74 Å². The van der Waals surface area contributed by atoms with Gasteiger partial charge in [0, 0.05) is 12.5 Å². The van der Waals surface area contributed by atoms with Gasteiger partial charge < -0.3 is 15.2 Å². The van der Waals surface area contributed by atoms with E-state index in [-0.39, 0.29) is 17.9 Å². The standard InChI is InChI=1S/C21H27NO3/c1-15(18-10-7-11-19(14-18)25-3)12-21(24)22-16(2)13-20(23)17-8-5-4-6-9-17/h4-11,14-16,20,23H,12-13H2,1-3H3,(H,22,24). The van der Waals surface area contributed by atoms with Gasteiger partial charge in [-0.15, -0.1) is 0 Å². The summed E-state index contributed by atoms with van der Waals surface area (Å²) in [6.07, 6.45) is 0.315. The highest BCUT2D eigenvalue weighted by molar-refractivity contribution is 5.77. The van der Waals surface area contributed by atoms with Gasteiger partial charge in [0.2, 0.25) is 5.91 Å². The lowest BCUT2D eigenvalue weighted by Gasteiger charge is -2.19. The largest absolute Gasteiger partial charge is 0.497 e. The molecule has 4 nitrogen and oxygen atoms in total. The molecule has 3 atom stereocenters. The first-order chi connectivity index (χ1) is 12.0. The van der Waals surface area contributed by atoms with E-state index in [2.05, 4.69) is 5.32 Å². The van der Waals surface area contributed by atoms with Gasteiger partial charge >= 0.3 is 0 Å². The van der Waals surface area contributed by atoms with Crippen molar-refractivity contribution in [3.05, 3.63) is 65.7 Å². The molecule has 0 radical (unpaired) electrons. The third-order valence-electron chi connectivity index (χ3n) is 4.32. The number of ether oxygens (including phenoxy) is 1. The van der Waals surface area contributed by atoms with Crippen LogP contribution in [-0.2, 0) is 4.79 Å². The van der Waals surface area contributed by atoms with Crippen LogP contribution < -0.4 is 10.1 Å². The fourth-order valence-corrected chi connectivity index (χ4v) is 2.88. The molecule has 2 rings (SSSR count). The number of carbonyl (C=O) groups excluding carboxylic acids is 1. The quantitative estimate of drug-likeness (QED) is 0.767. The van der Waals surface area contributed by atoms with Crippen molar-refractivity contribution in [2.24, 2.45) is 0 Å². The summed E-state index contributed by atoms with van der Waals surface area (Å²) in [4.78, 5) is 12.3. The van der Waals surface area contributed by atoms with E-state index < -0.39 is 6.10 Å². The van der Waals surface area contributed by atoms with E-state index >= 15 is 0 Å². The SMILES string of the molecule is COc1cccc(C(C)CC(=O)NC(C)CC(O)c2ccccc2)c1. The zero-order chi connectivity index (χ0) is 18.2. The van der Waals surface area contributed by atoms with Crippen LogP contribution in [0.5, 0.6) is 5.75 Å². The van der Waals surface area contributed by atoms with Gasteiger partial charge in [0.1, 0.15) is 5.75 Å². The second-order valence-electron chi connectivity index (χ2n) is 6.51. The highest BCUT2D eigenvalue weighted by Gasteiger charge is 2.17. The van der Waals surface area contributed by atoms with Gasteiger partial charge in [-0.05, 0) is 42.5 Å². The summed E-state index contributed by atoms with van der Waals surface area (Å²) in [5.41, 5.74) is 1.94. The van der Waals surface area contributed by atoms with Crippen LogP contribution >= 0.6 is 0 Å². The Labute approximate surface area is 149 Å². The number of aliphatic hydroxyl groups excluding tert-OH is 1. The Balaban J connectivity index is 1.84. The van der Waals surface area contributed by atoms with E-state index in [0.29, 0.717) is 12.8 Å². The van der Waals surface area contributed by atoms with Crippen LogP contribution in [0.2, 0.25) is 0 Å². The first kappa shape index (κ1) is 19.0. The molecule has 0 spiro atoms. The van der Waals surface area contributed by atoms with Crippen LogP contribution in [0.4, 0.5) is 0 Å². The molecule has 3 unspecified atom stereocenters. The summed E-state index contributed by atoms with van der Waals surface area (Å²) in [5, 5.41) is 13.2. The molecule has 0 aliphatic heterocycles. The lowest BCUT2D eigenvalue weighted by molar-refractivity contribution is -0.122. The predicted molar refractivity (Wildman–Crippen MR) is 99.6 cm³/mol. The molecule has 2 N–H and O–H groups in total. The Bertz CT molecular complexity index is 672. The van der Waals surface area contributed by atoms with Crippen LogP contribution in [0.1, 0.15) is 49.8 Å². The summed E-state index contributed by atoms with van der Waals surface area (Å²) in [5.74, 6) is 0.883. The van der Waals surface area contributed by atoms with E-state index in [1.165, 1.54) is 0 Å². The molecular formula is C21H27NO3. The first-order valence-electron chi connectivity index (χ1n) is 8.66. The summed E-state index contributed by atoms with van der Waals surface area (Å²) in [7, 11) is 1.64. The van der Waals surface area contributed by atoms with E-state index in [9.17, 15) is 9.90 Å². The summed E-state index contributed by atoms with van der Waals surface area (Å²) >= 11 is 0. The zero-order valence-electron chi connectivity index (χ0n) is 15.1. The van der Waals surface area contributed by atoms with Gasteiger partial charge in [-0.2, -0.15) is 0 Å². The molecule has 0 saturated heterocycles. The van der Waals surface area contributed by atoms with Gasteiger partial charge in [-0.1, -0.05) is 49.4 Å². The third-order valence-corrected chi connectivity index (χ3v) is 4.32. The number of nitrogens with one attached hydrogen (secondary N) is 1. The monoisotopic (exact) mass is 341 g/mol. The molecule has 0 bridgehead atoms. The molecule has 134 valence electrons. The number of carbonyl (C=O) groups is 1. The van der Waals surface area contributed by atoms with Gasteiger partial charge in [-0.25, -0.2) is 0 Å². The Hall–Kier alpha value is -2.33. The molecule has 0 aliphatic carbocycles. The van der Waals surface area contributed by atoms with Crippen molar-refractivity contribution in [2.75, 3.05) is 7.11 Å². The van der Waals surface area contributed by atoms with Crippen LogP contribution in [0.15, 0.2) is 54.6 Å². The maximum absolute atomic E-state index is 12.3. The highest BCUT2D eigenvalue weighted by atomic mass is 16.5. The van der Waals surface area contributed by atoms with E-state index in [1.807, 2.05) is 68.4 Å². The minimum absolute atomic E-state index is 0.0110. The number of amides is 1. The van der Waals surface area contributed by atoms with Gasteiger partial charge in [-0.3, -0.25) is 4.79 Å². The Kier molecular flexibility index (Phi) is 7.02. The predicted octanol–water partition coefficient (Wildman–Crippen LogP) is 3.82. The number of rotatable bonds is 8. The average molecular weight is 341 g/mol. The van der Waals surface area contributed by atoms with E-state index in [0.717, 1.165) is 16.9 Å². The molecular weight excluding hydrogens is 314 g/mol. The molecule has 0 saturated carbocycles. The Morgan fingerprint density at radius 1 is 1.08 bits per heavy atom. The lowest BCUT2D eigenvalue weighted by Crippen LogP contribution is -2.34. The summed E-state index contributed by atoms with van der Waals surface area (Å²) in [6, 6.07) is 17.2. The number of aliphatic hydroxyl groups is 1. The molecule has 0 aliphatic rings. The average Bonchev–Trinajstić information content (AvgIpc) is 2.62. The van der Waals surface area contributed by atoms with Crippen molar-refractivity contribution in [2.45, 2.75) is 44.8 Å². The van der Waals surface area contributed by atoms with Gasteiger partial charge in [0.25, 0.3) is 0 Å². The van der Waals surface area contributed by atoms with Crippen molar-refractivity contribution in [1.29, 1.82) is 0 Å². The van der Waals surface area contributed by atoms with Crippen molar-refractivity contribution >= 4 is 5.91 Å². The maximum Gasteiger partial charge on any atom is 0.220 e. The topological polar surface area (TPSA) is 58.6 Å². The second-order valence-corrected chi connectivity index (χ2v) is 6.51. The number of hydrogen-bond donors (Lipinski definition) is 2. The van der Waals surface area contributed by atoms with Gasteiger partial charge in [0.15, 0.2) is 0 Å².